The maximum absolute atomic E-state index is 11.9. The van der Waals surface area contributed by atoms with Gasteiger partial charge in [-0.2, -0.15) is 0 Å². The van der Waals surface area contributed by atoms with E-state index >= 15 is 0 Å². The van der Waals surface area contributed by atoms with Gasteiger partial charge < -0.3 is 5.11 Å². The molecule has 2 aromatic rings. The Balaban J connectivity index is 2.16. The maximum atomic E-state index is 11.9. The molecule has 1 saturated heterocycles. The van der Waals surface area contributed by atoms with Crippen LogP contribution in [-0.4, -0.2) is 28.6 Å². The van der Waals surface area contributed by atoms with Crippen LogP contribution < -0.4 is 0 Å². The quantitative estimate of drug-likeness (QED) is 0.613. The van der Waals surface area contributed by atoms with Gasteiger partial charge in [0.15, 0.2) is 0 Å². The average molecular weight is 433 g/mol. The van der Waals surface area contributed by atoms with Crippen molar-refractivity contribution in [3.8, 4) is 0 Å². The summed E-state index contributed by atoms with van der Waals surface area (Å²) in [7, 11) is 0. The van der Waals surface area contributed by atoms with Crippen LogP contribution >= 0.6 is 46.4 Å². The number of rotatable bonds is 4. The van der Waals surface area contributed by atoms with Gasteiger partial charge in [-0.25, -0.2) is 0 Å². The summed E-state index contributed by atoms with van der Waals surface area (Å²) < 4.78 is 0. The third kappa shape index (κ3) is 3.97. The molecule has 3 nitrogen and oxygen atoms in total. The number of benzene rings is 2. The summed E-state index contributed by atoms with van der Waals surface area (Å²) in [6.45, 7) is 0.644. The molecule has 1 fully saturated rings. The molecule has 3 rings (SSSR count). The summed E-state index contributed by atoms with van der Waals surface area (Å²) in [6, 6.07) is 9.75. The van der Waals surface area contributed by atoms with E-state index in [1.54, 1.807) is 18.2 Å². The molecule has 1 aliphatic heterocycles. The van der Waals surface area contributed by atoms with E-state index in [9.17, 15) is 9.90 Å². The Hall–Kier alpha value is -0.970. The van der Waals surface area contributed by atoms with Gasteiger partial charge in [-0.15, -0.1) is 0 Å². The largest absolute Gasteiger partial charge is 0.480 e. The predicted octanol–water partition coefficient (Wildman–Crippen LogP) is 6.33. The number of halogens is 4. The lowest BCUT2D eigenvalue weighted by Gasteiger charge is -2.40. The molecule has 7 heteroatoms. The van der Waals surface area contributed by atoms with E-state index in [1.165, 1.54) is 0 Å². The fraction of sp³-hybridized carbons (Fsp3) is 0.316. The highest BCUT2D eigenvalue weighted by atomic mass is 35.5. The highest BCUT2D eigenvalue weighted by molar-refractivity contribution is 6.43. The highest BCUT2D eigenvalue weighted by Gasteiger charge is 2.36. The van der Waals surface area contributed by atoms with Crippen LogP contribution in [-0.2, 0) is 4.79 Å². The molecule has 0 bridgehead atoms. The van der Waals surface area contributed by atoms with E-state index in [4.69, 9.17) is 46.4 Å². The van der Waals surface area contributed by atoms with Gasteiger partial charge in [-0.1, -0.05) is 71.0 Å². The van der Waals surface area contributed by atoms with Crippen molar-refractivity contribution in [3.63, 3.8) is 0 Å². The lowest BCUT2D eigenvalue weighted by Crippen LogP contribution is -2.46. The summed E-state index contributed by atoms with van der Waals surface area (Å²) in [6.07, 6.45) is 2.38. The summed E-state index contributed by atoms with van der Waals surface area (Å²) >= 11 is 25.0. The Morgan fingerprint density at radius 1 is 1.04 bits per heavy atom. The number of nitrogens with zero attached hydrogens (tertiary/aromatic N) is 1. The minimum Gasteiger partial charge on any atom is -0.480 e. The van der Waals surface area contributed by atoms with Crippen molar-refractivity contribution >= 4 is 52.4 Å². The molecular formula is C19H17Cl4NO2. The van der Waals surface area contributed by atoms with Crippen LogP contribution in [0.15, 0.2) is 36.4 Å². The molecule has 0 spiro atoms. The van der Waals surface area contributed by atoms with Gasteiger partial charge in [0.05, 0.1) is 26.1 Å². The van der Waals surface area contributed by atoms with E-state index in [-0.39, 0.29) is 6.04 Å². The normalized spacial score (nSPS) is 19.3. The van der Waals surface area contributed by atoms with Gasteiger partial charge in [0, 0.05) is 0 Å². The van der Waals surface area contributed by atoms with Crippen LogP contribution in [0.25, 0.3) is 0 Å². The number of carboxylic acids is 1. The predicted molar refractivity (Wildman–Crippen MR) is 107 cm³/mol. The van der Waals surface area contributed by atoms with Gasteiger partial charge in [0.25, 0.3) is 0 Å². The minimum atomic E-state index is -0.840. The summed E-state index contributed by atoms with van der Waals surface area (Å²) in [5.41, 5.74) is 1.59. The second-order valence-corrected chi connectivity index (χ2v) is 7.91. The van der Waals surface area contributed by atoms with Crippen molar-refractivity contribution < 1.29 is 9.90 Å². The standard InChI is InChI=1S/C19H17Cl4NO2/c20-13-8-7-11(10-15(13)22)18(12-4-3-5-14(21)17(12)23)24-9-2-1-6-16(24)19(25)26/h3-5,7-8,10,16,18H,1-2,6,9H2,(H,25,26). The van der Waals surface area contributed by atoms with Crippen molar-refractivity contribution in [2.24, 2.45) is 0 Å². The summed E-state index contributed by atoms with van der Waals surface area (Å²) in [4.78, 5) is 13.8. The molecule has 2 unspecified atom stereocenters. The van der Waals surface area contributed by atoms with Crippen molar-refractivity contribution in [1.29, 1.82) is 0 Å². The SMILES string of the molecule is O=C(O)C1CCCCN1C(c1ccc(Cl)c(Cl)c1)c1cccc(Cl)c1Cl. The average Bonchev–Trinajstić information content (AvgIpc) is 2.62. The molecule has 1 heterocycles. The second kappa shape index (κ2) is 8.37. The number of piperidine rings is 1. The number of likely N-dealkylation sites (tertiary alicyclic amines) is 1. The van der Waals surface area contributed by atoms with Gasteiger partial charge in [-0.3, -0.25) is 9.69 Å². The maximum Gasteiger partial charge on any atom is 0.320 e. The Morgan fingerprint density at radius 2 is 1.81 bits per heavy atom. The van der Waals surface area contributed by atoms with Gasteiger partial charge in [-0.05, 0) is 48.7 Å². The molecule has 0 aromatic heterocycles. The van der Waals surface area contributed by atoms with E-state index in [0.29, 0.717) is 33.1 Å². The minimum absolute atomic E-state index is 0.377. The number of aliphatic carboxylic acids is 1. The number of carboxylic acid groups (broad SMARTS) is 1. The molecule has 1 aliphatic rings. The van der Waals surface area contributed by atoms with E-state index in [0.717, 1.165) is 24.0 Å². The third-order valence-corrected chi connectivity index (χ3v) is 6.27. The molecule has 138 valence electrons. The molecule has 26 heavy (non-hydrogen) atoms. The van der Waals surface area contributed by atoms with Crippen LogP contribution in [0.3, 0.4) is 0 Å². The first-order valence-electron chi connectivity index (χ1n) is 8.27. The van der Waals surface area contributed by atoms with Crippen LogP contribution in [0.2, 0.25) is 20.1 Å². The third-order valence-electron chi connectivity index (χ3n) is 4.70. The summed E-state index contributed by atoms with van der Waals surface area (Å²) in [5.74, 6) is -0.840. The van der Waals surface area contributed by atoms with Crippen LogP contribution in [0.4, 0.5) is 0 Å². The van der Waals surface area contributed by atoms with Gasteiger partial charge in [0.2, 0.25) is 0 Å². The lowest BCUT2D eigenvalue weighted by atomic mass is 9.91. The second-order valence-electron chi connectivity index (χ2n) is 6.31. The number of hydrogen-bond acceptors (Lipinski definition) is 2. The summed E-state index contributed by atoms with van der Waals surface area (Å²) in [5, 5.41) is 11.4. The van der Waals surface area contributed by atoms with E-state index in [1.807, 2.05) is 23.1 Å². The molecule has 0 saturated carbocycles. The van der Waals surface area contributed by atoms with Crippen LogP contribution in [0.5, 0.6) is 0 Å². The van der Waals surface area contributed by atoms with Crippen LogP contribution in [0, 0.1) is 0 Å². The van der Waals surface area contributed by atoms with Crippen molar-refractivity contribution in [3.05, 3.63) is 67.6 Å². The van der Waals surface area contributed by atoms with E-state index < -0.39 is 12.0 Å². The van der Waals surface area contributed by atoms with Crippen LogP contribution in [0.1, 0.15) is 36.4 Å². The zero-order valence-corrected chi connectivity index (χ0v) is 16.8. The Kier molecular flexibility index (Phi) is 6.37. The van der Waals surface area contributed by atoms with Gasteiger partial charge in [0.1, 0.15) is 6.04 Å². The van der Waals surface area contributed by atoms with Crippen molar-refractivity contribution in [2.45, 2.75) is 31.3 Å². The fourth-order valence-corrected chi connectivity index (χ4v) is 4.21. The first-order chi connectivity index (χ1) is 12.4. The fourth-order valence-electron chi connectivity index (χ4n) is 3.49. The molecule has 2 atom stereocenters. The molecule has 0 aliphatic carbocycles. The topological polar surface area (TPSA) is 40.5 Å². The zero-order chi connectivity index (χ0) is 18.8. The molecule has 1 N–H and O–H groups in total. The Morgan fingerprint density at radius 3 is 2.50 bits per heavy atom. The van der Waals surface area contributed by atoms with Crippen molar-refractivity contribution in [1.82, 2.24) is 4.90 Å². The number of carbonyl (C=O) groups is 1. The lowest BCUT2D eigenvalue weighted by molar-refractivity contribution is -0.145. The first-order valence-corrected chi connectivity index (χ1v) is 9.78. The molecule has 0 amide bonds. The highest BCUT2D eigenvalue weighted by Crippen LogP contribution is 2.41. The van der Waals surface area contributed by atoms with Gasteiger partial charge >= 0.3 is 5.97 Å². The first kappa shape index (κ1) is 19.8. The monoisotopic (exact) mass is 431 g/mol. The molecule has 0 radical (unpaired) electrons. The van der Waals surface area contributed by atoms with E-state index in [2.05, 4.69) is 0 Å². The Bertz CT molecular complexity index is 827. The smallest absolute Gasteiger partial charge is 0.320 e. The molecule has 2 aromatic carbocycles. The van der Waals surface area contributed by atoms with Crippen molar-refractivity contribution in [2.75, 3.05) is 6.54 Å². The zero-order valence-electron chi connectivity index (χ0n) is 13.8. The number of hydrogen-bond donors (Lipinski definition) is 1. The molecular weight excluding hydrogens is 416 g/mol. The Labute approximate surface area is 172 Å².